The Morgan fingerprint density at radius 2 is 1.84 bits per heavy atom. The van der Waals surface area contributed by atoms with Gasteiger partial charge in [-0.15, -0.1) is 0 Å². The topological polar surface area (TPSA) is 32.3 Å². The van der Waals surface area contributed by atoms with Gasteiger partial charge in [-0.2, -0.15) is 0 Å². The number of hydrogen-bond acceptors (Lipinski definition) is 2. The SMILES string of the molecule is Cc1ccc(C(C)Nc2ccc(Br)c(C)c2)c(O)c1. The van der Waals surface area contributed by atoms with Crippen LogP contribution in [0.25, 0.3) is 0 Å². The molecule has 0 heterocycles. The van der Waals surface area contributed by atoms with Crippen molar-refractivity contribution in [1.29, 1.82) is 0 Å². The largest absolute Gasteiger partial charge is 0.508 e. The highest BCUT2D eigenvalue weighted by atomic mass is 79.9. The van der Waals surface area contributed by atoms with Crippen LogP contribution in [0.4, 0.5) is 5.69 Å². The summed E-state index contributed by atoms with van der Waals surface area (Å²) >= 11 is 3.49. The molecule has 0 aliphatic heterocycles. The molecular weight excluding hydrogens is 302 g/mol. The van der Waals surface area contributed by atoms with Crippen LogP contribution in [0.2, 0.25) is 0 Å². The number of halogens is 1. The number of phenolic OH excluding ortho intramolecular Hbond substituents is 1. The quantitative estimate of drug-likeness (QED) is 0.839. The lowest BCUT2D eigenvalue weighted by Gasteiger charge is -2.18. The van der Waals surface area contributed by atoms with Gasteiger partial charge in [0.1, 0.15) is 5.75 Å². The van der Waals surface area contributed by atoms with Gasteiger partial charge in [0.2, 0.25) is 0 Å². The first-order valence-corrected chi connectivity index (χ1v) is 7.09. The first kappa shape index (κ1) is 13.9. The van der Waals surface area contributed by atoms with Gasteiger partial charge < -0.3 is 10.4 Å². The van der Waals surface area contributed by atoms with Crippen molar-refractivity contribution in [3.63, 3.8) is 0 Å². The molecule has 0 aliphatic rings. The second kappa shape index (κ2) is 5.66. The monoisotopic (exact) mass is 319 g/mol. The van der Waals surface area contributed by atoms with Crippen molar-refractivity contribution >= 4 is 21.6 Å². The molecule has 0 fully saturated rings. The number of aromatic hydroxyl groups is 1. The number of aryl methyl sites for hydroxylation is 2. The van der Waals surface area contributed by atoms with Gasteiger partial charge in [-0.3, -0.25) is 0 Å². The second-order valence-corrected chi connectivity index (χ2v) is 5.75. The molecule has 1 atom stereocenters. The van der Waals surface area contributed by atoms with E-state index >= 15 is 0 Å². The Kier molecular flexibility index (Phi) is 4.15. The van der Waals surface area contributed by atoms with Gasteiger partial charge in [0.15, 0.2) is 0 Å². The zero-order valence-electron chi connectivity index (χ0n) is 11.4. The van der Waals surface area contributed by atoms with E-state index in [2.05, 4.69) is 34.2 Å². The van der Waals surface area contributed by atoms with Gasteiger partial charge in [-0.1, -0.05) is 28.1 Å². The minimum absolute atomic E-state index is 0.0566. The van der Waals surface area contributed by atoms with E-state index in [9.17, 15) is 5.11 Å². The Bertz CT molecular complexity index is 595. The van der Waals surface area contributed by atoms with Crippen LogP contribution < -0.4 is 5.32 Å². The standard InChI is InChI=1S/C16H18BrNO/c1-10-4-6-14(16(19)8-10)12(3)18-13-5-7-15(17)11(2)9-13/h4-9,12,18-19H,1-3H3. The lowest BCUT2D eigenvalue weighted by Crippen LogP contribution is -2.07. The molecule has 0 aromatic heterocycles. The van der Waals surface area contributed by atoms with Crippen LogP contribution >= 0.6 is 15.9 Å². The third-order valence-electron chi connectivity index (χ3n) is 3.19. The van der Waals surface area contributed by atoms with E-state index in [1.807, 2.05) is 38.1 Å². The predicted octanol–water partition coefficient (Wildman–Crippen LogP) is 4.94. The highest BCUT2D eigenvalue weighted by Gasteiger charge is 2.10. The Hall–Kier alpha value is -1.48. The first-order chi connectivity index (χ1) is 8.97. The third-order valence-corrected chi connectivity index (χ3v) is 4.08. The second-order valence-electron chi connectivity index (χ2n) is 4.89. The van der Waals surface area contributed by atoms with Crippen molar-refractivity contribution in [2.45, 2.75) is 26.8 Å². The average Bonchev–Trinajstić information content (AvgIpc) is 2.33. The molecule has 0 saturated heterocycles. The van der Waals surface area contributed by atoms with Gasteiger partial charge in [0.25, 0.3) is 0 Å². The summed E-state index contributed by atoms with van der Waals surface area (Å²) < 4.78 is 1.10. The number of hydrogen-bond donors (Lipinski definition) is 2. The predicted molar refractivity (Wildman–Crippen MR) is 83.8 cm³/mol. The first-order valence-electron chi connectivity index (χ1n) is 6.29. The van der Waals surface area contributed by atoms with Gasteiger partial charge in [-0.25, -0.2) is 0 Å². The lowest BCUT2D eigenvalue weighted by molar-refractivity contribution is 0.465. The average molecular weight is 320 g/mol. The molecule has 0 radical (unpaired) electrons. The van der Waals surface area contributed by atoms with Crippen molar-refractivity contribution in [1.82, 2.24) is 0 Å². The minimum atomic E-state index is 0.0566. The molecule has 0 bridgehead atoms. The number of nitrogens with one attached hydrogen (secondary N) is 1. The molecule has 0 spiro atoms. The summed E-state index contributed by atoms with van der Waals surface area (Å²) in [5, 5.41) is 13.4. The van der Waals surface area contributed by atoms with E-state index < -0.39 is 0 Å². The Labute approximate surface area is 122 Å². The summed E-state index contributed by atoms with van der Waals surface area (Å²) in [4.78, 5) is 0. The summed E-state index contributed by atoms with van der Waals surface area (Å²) in [6.45, 7) is 6.07. The Morgan fingerprint density at radius 3 is 2.47 bits per heavy atom. The molecule has 0 aliphatic carbocycles. The molecule has 100 valence electrons. The van der Waals surface area contributed by atoms with Crippen LogP contribution in [-0.2, 0) is 0 Å². The summed E-state index contributed by atoms with van der Waals surface area (Å²) in [5.41, 5.74) is 4.21. The van der Waals surface area contributed by atoms with Crippen molar-refractivity contribution in [2.24, 2.45) is 0 Å². The van der Waals surface area contributed by atoms with Crippen molar-refractivity contribution in [3.8, 4) is 5.75 Å². The van der Waals surface area contributed by atoms with Crippen molar-refractivity contribution in [2.75, 3.05) is 5.32 Å². The molecule has 2 nitrogen and oxygen atoms in total. The van der Waals surface area contributed by atoms with Crippen molar-refractivity contribution < 1.29 is 5.11 Å². The lowest BCUT2D eigenvalue weighted by atomic mass is 10.0. The van der Waals surface area contributed by atoms with Gasteiger partial charge >= 0.3 is 0 Å². The third kappa shape index (κ3) is 3.29. The summed E-state index contributed by atoms with van der Waals surface area (Å²) in [7, 11) is 0. The van der Waals surface area contributed by atoms with Gasteiger partial charge in [-0.05, 0) is 56.2 Å². The van der Waals surface area contributed by atoms with E-state index in [1.54, 1.807) is 6.07 Å². The van der Waals surface area contributed by atoms with E-state index in [-0.39, 0.29) is 6.04 Å². The molecule has 2 aromatic rings. The fourth-order valence-corrected chi connectivity index (χ4v) is 2.33. The zero-order valence-corrected chi connectivity index (χ0v) is 13.0. The van der Waals surface area contributed by atoms with E-state index in [4.69, 9.17) is 0 Å². The summed E-state index contributed by atoms with van der Waals surface area (Å²) in [6.07, 6.45) is 0. The Balaban J connectivity index is 2.20. The maximum Gasteiger partial charge on any atom is 0.121 e. The molecule has 1 unspecified atom stereocenters. The van der Waals surface area contributed by atoms with E-state index in [1.165, 1.54) is 5.56 Å². The van der Waals surface area contributed by atoms with Crippen LogP contribution in [0.15, 0.2) is 40.9 Å². The molecule has 2 rings (SSSR count). The van der Waals surface area contributed by atoms with Gasteiger partial charge in [0.05, 0.1) is 6.04 Å². The summed E-state index contributed by atoms with van der Waals surface area (Å²) in [6, 6.07) is 12.0. The summed E-state index contributed by atoms with van der Waals surface area (Å²) in [5.74, 6) is 0.342. The van der Waals surface area contributed by atoms with E-state index in [0.29, 0.717) is 5.75 Å². The van der Waals surface area contributed by atoms with Crippen LogP contribution in [0, 0.1) is 13.8 Å². The van der Waals surface area contributed by atoms with Gasteiger partial charge in [0, 0.05) is 15.7 Å². The van der Waals surface area contributed by atoms with Crippen LogP contribution in [0.5, 0.6) is 5.75 Å². The molecular formula is C16H18BrNO. The van der Waals surface area contributed by atoms with Crippen LogP contribution in [0.3, 0.4) is 0 Å². The molecule has 3 heteroatoms. The number of rotatable bonds is 3. The smallest absolute Gasteiger partial charge is 0.121 e. The number of phenols is 1. The molecule has 0 amide bonds. The zero-order chi connectivity index (χ0) is 14.0. The maximum atomic E-state index is 9.99. The normalized spacial score (nSPS) is 12.2. The van der Waals surface area contributed by atoms with Crippen LogP contribution in [0.1, 0.15) is 29.7 Å². The number of anilines is 1. The number of benzene rings is 2. The fraction of sp³-hybridized carbons (Fsp3) is 0.250. The van der Waals surface area contributed by atoms with Crippen LogP contribution in [-0.4, -0.2) is 5.11 Å². The van der Waals surface area contributed by atoms with Crippen molar-refractivity contribution in [3.05, 3.63) is 57.6 Å². The van der Waals surface area contributed by atoms with E-state index in [0.717, 1.165) is 21.3 Å². The maximum absolute atomic E-state index is 9.99. The molecule has 2 aromatic carbocycles. The highest BCUT2D eigenvalue weighted by molar-refractivity contribution is 9.10. The molecule has 19 heavy (non-hydrogen) atoms. The fourth-order valence-electron chi connectivity index (χ4n) is 2.08. The molecule has 0 saturated carbocycles. The molecule has 2 N–H and O–H groups in total. The minimum Gasteiger partial charge on any atom is -0.508 e. The highest BCUT2D eigenvalue weighted by Crippen LogP contribution is 2.29. The Morgan fingerprint density at radius 1 is 1.11 bits per heavy atom.